The van der Waals surface area contributed by atoms with Crippen LogP contribution in [0.4, 0.5) is 0 Å². The smallest absolute Gasteiger partial charge is 0.241 e. The van der Waals surface area contributed by atoms with Crippen molar-refractivity contribution in [2.45, 2.75) is 90.3 Å². The first-order valence-corrected chi connectivity index (χ1v) is 14.8. The quantitative estimate of drug-likeness (QED) is 0.532. The number of hydrogen-bond acceptors (Lipinski definition) is 1. The van der Waals surface area contributed by atoms with Crippen LogP contribution in [0.15, 0.2) is 11.8 Å². The van der Waals surface area contributed by atoms with Gasteiger partial charge in [-0.2, -0.15) is 0 Å². The van der Waals surface area contributed by atoms with Crippen LogP contribution in [-0.2, 0) is 4.43 Å². The van der Waals surface area contributed by atoms with E-state index in [-0.39, 0.29) is 0 Å². The molecule has 0 N–H and O–H groups in total. The zero-order valence-corrected chi connectivity index (χ0v) is 17.3. The van der Waals surface area contributed by atoms with Crippen molar-refractivity contribution in [2.24, 2.45) is 5.92 Å². The Morgan fingerprint density at radius 2 is 1.70 bits per heavy atom. The molecule has 1 atom stereocenters. The summed E-state index contributed by atoms with van der Waals surface area (Å²) in [5, 5.41) is 0.441. The third-order valence-corrected chi connectivity index (χ3v) is 12.8. The highest BCUT2D eigenvalue weighted by atomic mass is 28.4. The maximum Gasteiger partial charge on any atom is 0.241 e. The monoisotopic (exact) mass is 312 g/mol. The van der Waals surface area contributed by atoms with Crippen LogP contribution in [0.3, 0.4) is 0 Å². The summed E-state index contributed by atoms with van der Waals surface area (Å²) < 4.78 is 6.49. The molecular formula is C17H36OSi2. The van der Waals surface area contributed by atoms with Crippen molar-refractivity contribution in [1.29, 1.82) is 0 Å². The van der Waals surface area contributed by atoms with Crippen molar-refractivity contribution in [3.8, 4) is 0 Å². The molecular weight excluding hydrogens is 276 g/mol. The van der Waals surface area contributed by atoms with Crippen molar-refractivity contribution >= 4 is 16.4 Å². The molecule has 1 rings (SSSR count). The van der Waals surface area contributed by atoms with E-state index in [1.54, 1.807) is 0 Å². The Hall–Kier alpha value is -0.0262. The Morgan fingerprint density at radius 1 is 1.15 bits per heavy atom. The van der Waals surface area contributed by atoms with E-state index in [1.165, 1.54) is 25.0 Å². The van der Waals surface area contributed by atoms with Gasteiger partial charge in [-0.25, -0.2) is 0 Å². The fourth-order valence-corrected chi connectivity index (χ4v) is 8.48. The van der Waals surface area contributed by atoms with Crippen molar-refractivity contribution in [3.63, 3.8) is 0 Å². The third-order valence-electron chi connectivity index (χ3n) is 5.79. The average molecular weight is 313 g/mol. The van der Waals surface area contributed by atoms with E-state index in [4.69, 9.17) is 4.43 Å². The minimum Gasteiger partial charge on any atom is -0.548 e. The van der Waals surface area contributed by atoms with E-state index in [0.29, 0.717) is 10.6 Å². The normalized spacial score (nSPS) is 21.9. The highest BCUT2D eigenvalue weighted by molar-refractivity contribution is 6.82. The summed E-state index contributed by atoms with van der Waals surface area (Å²) in [5.41, 5.74) is 0.709. The first-order valence-electron chi connectivity index (χ1n) is 8.28. The fourth-order valence-electron chi connectivity index (χ4n) is 3.23. The molecule has 3 heteroatoms. The highest BCUT2D eigenvalue weighted by Crippen LogP contribution is 2.54. The van der Waals surface area contributed by atoms with Gasteiger partial charge in [0.15, 0.2) is 0 Å². The van der Waals surface area contributed by atoms with Gasteiger partial charge in [0.1, 0.15) is 0 Å². The van der Waals surface area contributed by atoms with Crippen LogP contribution in [0.1, 0.15) is 47.0 Å². The molecule has 0 bridgehead atoms. The number of hydrogen-bond donors (Lipinski definition) is 0. The molecule has 0 aromatic heterocycles. The summed E-state index contributed by atoms with van der Waals surface area (Å²) in [6.45, 7) is 21.9. The summed E-state index contributed by atoms with van der Waals surface area (Å²) in [5.74, 6) is 2.10. The summed E-state index contributed by atoms with van der Waals surface area (Å²) in [7, 11) is -2.92. The average Bonchev–Trinajstić information content (AvgIpc) is 2.26. The van der Waals surface area contributed by atoms with Crippen molar-refractivity contribution in [3.05, 3.63) is 11.8 Å². The molecule has 1 nitrogen and oxygen atoms in total. The van der Waals surface area contributed by atoms with Crippen molar-refractivity contribution in [2.75, 3.05) is 0 Å². The van der Waals surface area contributed by atoms with Crippen LogP contribution >= 0.6 is 0 Å². The van der Waals surface area contributed by atoms with E-state index >= 15 is 0 Å². The molecule has 20 heavy (non-hydrogen) atoms. The first kappa shape index (κ1) is 18.0. The van der Waals surface area contributed by atoms with Gasteiger partial charge in [0.2, 0.25) is 8.32 Å². The number of allylic oxidation sites excluding steroid dienone is 2. The lowest BCUT2D eigenvalue weighted by Crippen LogP contribution is -2.48. The molecule has 1 aliphatic rings. The SMILES string of the molecule is CC(C)C(C)(C)[Si](C)(C)C1CCCC=C1O[Si](C)(C)C. The molecule has 1 unspecified atom stereocenters. The highest BCUT2D eigenvalue weighted by Gasteiger charge is 2.48. The van der Waals surface area contributed by atoms with Gasteiger partial charge in [0, 0.05) is 5.54 Å². The summed E-state index contributed by atoms with van der Waals surface area (Å²) >= 11 is 0. The van der Waals surface area contributed by atoms with Crippen LogP contribution in [0.5, 0.6) is 0 Å². The summed E-state index contributed by atoms with van der Waals surface area (Å²) in [4.78, 5) is 0. The van der Waals surface area contributed by atoms with Crippen LogP contribution in [0.2, 0.25) is 43.3 Å². The predicted molar refractivity (Wildman–Crippen MR) is 96.5 cm³/mol. The van der Waals surface area contributed by atoms with E-state index in [2.05, 4.69) is 66.5 Å². The van der Waals surface area contributed by atoms with E-state index in [1.807, 2.05) is 0 Å². The lowest BCUT2D eigenvalue weighted by Gasteiger charge is -2.50. The van der Waals surface area contributed by atoms with Crippen LogP contribution < -0.4 is 0 Å². The van der Waals surface area contributed by atoms with Crippen molar-refractivity contribution < 1.29 is 4.43 Å². The lowest BCUT2D eigenvalue weighted by atomic mass is 9.99. The standard InChI is InChI=1S/C17H36OSi2/c1-14(2)17(3,4)20(8,9)16-13-11-10-12-15(16)18-19(5,6)7/h12,14,16H,10-11,13H2,1-9H3. The summed E-state index contributed by atoms with van der Waals surface area (Å²) in [6, 6.07) is 0. The molecule has 1 aliphatic carbocycles. The molecule has 0 saturated heterocycles. The fraction of sp³-hybridized carbons (Fsp3) is 0.882. The van der Waals surface area contributed by atoms with Gasteiger partial charge in [-0.3, -0.25) is 0 Å². The molecule has 0 aromatic carbocycles. The van der Waals surface area contributed by atoms with Crippen molar-refractivity contribution in [1.82, 2.24) is 0 Å². The molecule has 0 spiro atoms. The second-order valence-electron chi connectivity index (χ2n) is 8.90. The van der Waals surface area contributed by atoms with Gasteiger partial charge in [0.25, 0.3) is 0 Å². The third kappa shape index (κ3) is 3.79. The van der Waals surface area contributed by atoms with Gasteiger partial charge in [-0.05, 0) is 55.9 Å². The Bertz CT molecular complexity index is 362. The Balaban J connectivity index is 3.08. The van der Waals surface area contributed by atoms with Crippen LogP contribution in [0, 0.1) is 5.92 Å². The molecule has 0 fully saturated rings. The lowest BCUT2D eigenvalue weighted by molar-refractivity contribution is 0.364. The predicted octanol–water partition coefficient (Wildman–Crippen LogP) is 6.42. The Labute approximate surface area is 129 Å². The van der Waals surface area contributed by atoms with E-state index in [9.17, 15) is 0 Å². The molecule has 0 heterocycles. The van der Waals surface area contributed by atoms with Gasteiger partial charge in [-0.1, -0.05) is 40.8 Å². The minimum atomic E-state index is -1.50. The maximum absolute atomic E-state index is 6.49. The summed E-state index contributed by atoms with van der Waals surface area (Å²) in [6.07, 6.45) is 6.31. The molecule has 0 aliphatic heterocycles. The Kier molecular flexibility index (Phi) is 5.40. The molecule has 0 radical (unpaired) electrons. The van der Waals surface area contributed by atoms with Crippen LogP contribution in [-0.4, -0.2) is 16.4 Å². The zero-order chi connectivity index (χ0) is 15.8. The van der Waals surface area contributed by atoms with Gasteiger partial charge < -0.3 is 4.43 Å². The van der Waals surface area contributed by atoms with Crippen LogP contribution in [0.25, 0.3) is 0 Å². The van der Waals surface area contributed by atoms with Gasteiger partial charge in [-0.15, -0.1) is 0 Å². The maximum atomic E-state index is 6.49. The van der Waals surface area contributed by atoms with E-state index < -0.39 is 16.4 Å². The minimum absolute atomic E-state index is 0.441. The number of rotatable bonds is 5. The Morgan fingerprint density at radius 3 is 2.15 bits per heavy atom. The second kappa shape index (κ2) is 6.00. The molecule has 0 aromatic rings. The first-order chi connectivity index (χ1) is 8.89. The molecule has 0 amide bonds. The second-order valence-corrected chi connectivity index (χ2v) is 18.8. The van der Waals surface area contributed by atoms with E-state index in [0.717, 1.165) is 5.92 Å². The largest absolute Gasteiger partial charge is 0.548 e. The topological polar surface area (TPSA) is 9.23 Å². The molecule has 0 saturated carbocycles. The van der Waals surface area contributed by atoms with Gasteiger partial charge in [0.05, 0.1) is 13.8 Å². The molecule has 118 valence electrons. The van der Waals surface area contributed by atoms with Gasteiger partial charge >= 0.3 is 0 Å². The zero-order valence-electron chi connectivity index (χ0n) is 15.3.